The van der Waals surface area contributed by atoms with Crippen LogP contribution in [0, 0.1) is 11.8 Å². The van der Waals surface area contributed by atoms with Gasteiger partial charge < -0.3 is 25.6 Å². The highest BCUT2D eigenvalue weighted by molar-refractivity contribution is 5.91. The number of benzene rings is 1. The molecule has 9 nitrogen and oxygen atoms in total. The van der Waals surface area contributed by atoms with Crippen LogP contribution in [-0.4, -0.2) is 62.3 Å². The Bertz CT molecular complexity index is 956. The zero-order valence-electron chi connectivity index (χ0n) is 23.6. The standard InChI is InChI=1S/C23H29N3O4.C4H10.C2H5NO/c1-16-8-6-7-11-19(16)25-22(28)18-12-20(23(29)24-2)26(13-18)21(27)15-30-14-17-9-4-3-5-10-17;1-4(2)3;1-3-2-4/h3-5,7,9-11,18,20H,6,8,12-15H2,1-2H3,(H,24,29)(H,25,28);4H,1-3H3;2H,1H3,(H,3,4). The topological polar surface area (TPSA) is 117 Å². The number of ether oxygens (including phenoxy) is 1. The van der Waals surface area contributed by atoms with Crippen LogP contribution in [0.4, 0.5) is 0 Å². The van der Waals surface area contributed by atoms with Crippen LogP contribution in [0.5, 0.6) is 0 Å². The van der Waals surface area contributed by atoms with Crippen LogP contribution in [0.15, 0.2) is 53.8 Å². The minimum atomic E-state index is -0.671. The second-order valence-corrected chi connectivity index (χ2v) is 9.85. The van der Waals surface area contributed by atoms with Gasteiger partial charge in [-0.25, -0.2) is 0 Å². The summed E-state index contributed by atoms with van der Waals surface area (Å²) in [5, 5.41) is 7.81. The van der Waals surface area contributed by atoms with Crippen LogP contribution in [0.2, 0.25) is 0 Å². The van der Waals surface area contributed by atoms with Crippen LogP contribution >= 0.6 is 0 Å². The number of allylic oxidation sites excluding steroid dienone is 3. The fraction of sp³-hybridized carbons (Fsp3) is 0.517. The van der Waals surface area contributed by atoms with Gasteiger partial charge in [-0.2, -0.15) is 0 Å². The Kier molecular flexibility index (Phi) is 15.3. The van der Waals surface area contributed by atoms with E-state index in [1.165, 1.54) is 11.9 Å². The molecule has 2 atom stereocenters. The lowest BCUT2D eigenvalue weighted by Gasteiger charge is -2.23. The van der Waals surface area contributed by atoms with E-state index in [2.05, 4.69) is 36.7 Å². The third kappa shape index (κ3) is 11.7. The molecule has 4 amide bonds. The predicted molar refractivity (Wildman–Crippen MR) is 149 cm³/mol. The van der Waals surface area contributed by atoms with Crippen molar-refractivity contribution in [2.75, 3.05) is 27.2 Å². The van der Waals surface area contributed by atoms with E-state index in [0.29, 0.717) is 19.4 Å². The lowest BCUT2D eigenvalue weighted by atomic mass is 10.0. The van der Waals surface area contributed by atoms with Gasteiger partial charge >= 0.3 is 0 Å². The molecule has 1 aromatic carbocycles. The number of hydrogen-bond acceptors (Lipinski definition) is 5. The number of carbonyl (C=O) groups is 4. The van der Waals surface area contributed by atoms with Crippen molar-refractivity contribution < 1.29 is 23.9 Å². The van der Waals surface area contributed by atoms with Crippen LogP contribution < -0.4 is 16.0 Å². The summed E-state index contributed by atoms with van der Waals surface area (Å²) in [6.07, 6.45) is 6.76. The van der Waals surface area contributed by atoms with E-state index >= 15 is 0 Å². The highest BCUT2D eigenvalue weighted by Gasteiger charge is 2.42. The van der Waals surface area contributed by atoms with Crippen molar-refractivity contribution in [3.63, 3.8) is 0 Å². The molecule has 0 spiro atoms. The second-order valence-electron chi connectivity index (χ2n) is 9.85. The number of carbonyl (C=O) groups excluding carboxylic acids is 4. The van der Waals surface area contributed by atoms with E-state index in [9.17, 15) is 14.4 Å². The van der Waals surface area contributed by atoms with Crippen molar-refractivity contribution in [1.82, 2.24) is 20.9 Å². The Morgan fingerprint density at radius 1 is 1.11 bits per heavy atom. The maximum atomic E-state index is 12.8. The van der Waals surface area contributed by atoms with E-state index in [1.54, 1.807) is 7.05 Å². The van der Waals surface area contributed by atoms with Gasteiger partial charge in [0.05, 0.1) is 12.5 Å². The van der Waals surface area contributed by atoms with Gasteiger partial charge in [0, 0.05) is 26.3 Å². The molecule has 0 bridgehead atoms. The largest absolute Gasteiger partial charge is 0.367 e. The molecule has 1 fully saturated rings. The van der Waals surface area contributed by atoms with E-state index in [4.69, 9.17) is 9.53 Å². The van der Waals surface area contributed by atoms with Gasteiger partial charge in [0.25, 0.3) is 0 Å². The number of nitrogens with one attached hydrogen (secondary N) is 3. The highest BCUT2D eigenvalue weighted by Crippen LogP contribution is 2.25. The summed E-state index contributed by atoms with van der Waals surface area (Å²) in [6, 6.07) is 8.90. The van der Waals surface area contributed by atoms with E-state index in [-0.39, 0.29) is 30.9 Å². The number of hydrogen-bond donors (Lipinski definition) is 3. The van der Waals surface area contributed by atoms with Gasteiger partial charge in [0.15, 0.2) is 0 Å². The van der Waals surface area contributed by atoms with Crippen molar-refractivity contribution in [2.45, 2.75) is 59.6 Å². The lowest BCUT2D eigenvalue weighted by Crippen LogP contribution is -2.46. The quantitative estimate of drug-likeness (QED) is 0.449. The molecule has 1 heterocycles. The first-order chi connectivity index (χ1) is 18.1. The maximum absolute atomic E-state index is 12.8. The van der Waals surface area contributed by atoms with Crippen LogP contribution in [0.1, 0.15) is 52.5 Å². The molecule has 1 aromatic rings. The average molecular weight is 529 g/mol. The molecule has 1 saturated heterocycles. The molecule has 2 aliphatic rings. The SMILES string of the molecule is CC(C)C.CNC(=O)C1CC(C(=O)NC2=C(C)CCC=C2)CN1C(=O)COCc1ccccc1.CNC=O. The summed E-state index contributed by atoms with van der Waals surface area (Å²) in [5.74, 6) is -0.330. The van der Waals surface area contributed by atoms with E-state index in [0.717, 1.165) is 35.6 Å². The van der Waals surface area contributed by atoms with Gasteiger partial charge in [-0.05, 0) is 49.3 Å². The summed E-state index contributed by atoms with van der Waals surface area (Å²) in [5.41, 5.74) is 2.92. The van der Waals surface area contributed by atoms with Crippen LogP contribution in [0.25, 0.3) is 0 Å². The third-order valence-corrected chi connectivity index (χ3v) is 5.68. The van der Waals surface area contributed by atoms with E-state index in [1.807, 2.05) is 49.4 Å². The van der Waals surface area contributed by atoms with Crippen molar-refractivity contribution in [1.29, 1.82) is 0 Å². The summed E-state index contributed by atoms with van der Waals surface area (Å²) >= 11 is 0. The maximum Gasteiger partial charge on any atom is 0.249 e. The van der Waals surface area contributed by atoms with Gasteiger partial charge in [0.1, 0.15) is 12.6 Å². The predicted octanol–water partition coefficient (Wildman–Crippen LogP) is 2.93. The first-order valence-corrected chi connectivity index (χ1v) is 13.0. The highest BCUT2D eigenvalue weighted by atomic mass is 16.5. The summed E-state index contributed by atoms with van der Waals surface area (Å²) in [7, 11) is 3.10. The van der Waals surface area contributed by atoms with Crippen LogP contribution in [-0.2, 0) is 30.5 Å². The van der Waals surface area contributed by atoms with Crippen molar-refractivity contribution >= 4 is 24.1 Å². The summed E-state index contributed by atoms with van der Waals surface area (Å²) in [6.45, 7) is 8.88. The molecule has 1 aliphatic heterocycles. The Morgan fingerprint density at radius 3 is 2.29 bits per heavy atom. The zero-order valence-corrected chi connectivity index (χ0v) is 23.6. The first-order valence-electron chi connectivity index (χ1n) is 13.0. The first kappa shape index (κ1) is 32.6. The molecular formula is C29H44N4O5. The molecule has 3 N–H and O–H groups in total. The monoisotopic (exact) mass is 528 g/mol. The Balaban J connectivity index is 0.000000794. The van der Waals surface area contributed by atoms with Gasteiger partial charge in [-0.1, -0.05) is 57.2 Å². The fourth-order valence-electron chi connectivity index (χ4n) is 3.79. The molecule has 210 valence electrons. The summed E-state index contributed by atoms with van der Waals surface area (Å²) in [4.78, 5) is 48.4. The molecule has 1 aliphatic carbocycles. The molecule has 2 unspecified atom stereocenters. The van der Waals surface area contributed by atoms with Crippen LogP contribution in [0.3, 0.4) is 0 Å². The Labute approximate surface area is 227 Å². The third-order valence-electron chi connectivity index (χ3n) is 5.68. The van der Waals surface area contributed by atoms with Gasteiger partial charge in [-0.3, -0.25) is 19.2 Å². The van der Waals surface area contributed by atoms with Crippen molar-refractivity contribution in [2.24, 2.45) is 11.8 Å². The molecule has 9 heteroatoms. The Hall–Kier alpha value is -3.46. The molecule has 0 saturated carbocycles. The van der Waals surface area contributed by atoms with Crippen molar-refractivity contribution in [3.05, 3.63) is 59.3 Å². The molecule has 38 heavy (non-hydrogen) atoms. The average Bonchev–Trinajstić information content (AvgIpc) is 3.36. The van der Waals surface area contributed by atoms with Crippen molar-refractivity contribution in [3.8, 4) is 0 Å². The minimum Gasteiger partial charge on any atom is -0.367 e. The number of likely N-dealkylation sites (N-methyl/N-ethyl adjacent to an activating group) is 1. The number of amides is 4. The normalized spacial score (nSPS) is 18.0. The van der Waals surface area contributed by atoms with Gasteiger partial charge in [-0.15, -0.1) is 0 Å². The fourth-order valence-corrected chi connectivity index (χ4v) is 3.79. The Morgan fingerprint density at radius 2 is 1.74 bits per heavy atom. The van der Waals surface area contributed by atoms with Gasteiger partial charge in [0.2, 0.25) is 24.1 Å². The van der Waals surface area contributed by atoms with E-state index < -0.39 is 12.0 Å². The zero-order chi connectivity index (χ0) is 28.5. The molecule has 0 aromatic heterocycles. The summed E-state index contributed by atoms with van der Waals surface area (Å²) < 4.78 is 5.55. The number of rotatable bonds is 8. The molecule has 3 rings (SSSR count). The minimum absolute atomic E-state index is 0.135. The number of likely N-dealkylation sites (tertiary alicyclic amines) is 1. The molecule has 0 radical (unpaired) electrons. The second kappa shape index (κ2) is 17.9. The molecular weight excluding hydrogens is 484 g/mol. The smallest absolute Gasteiger partial charge is 0.249 e. The number of nitrogens with zero attached hydrogens (tertiary/aromatic N) is 1. The lowest BCUT2D eigenvalue weighted by molar-refractivity contribution is -0.142.